The van der Waals surface area contributed by atoms with Gasteiger partial charge >= 0.3 is 0 Å². The van der Waals surface area contributed by atoms with E-state index in [1.54, 1.807) is 0 Å². The van der Waals surface area contributed by atoms with Gasteiger partial charge in [0.2, 0.25) is 0 Å². The van der Waals surface area contributed by atoms with Gasteiger partial charge in [-0.25, -0.2) is 0 Å². The summed E-state index contributed by atoms with van der Waals surface area (Å²) in [5.41, 5.74) is 1.12. The van der Waals surface area contributed by atoms with Crippen LogP contribution in [-0.2, 0) is 0 Å². The van der Waals surface area contributed by atoms with E-state index in [9.17, 15) is 10.4 Å². The highest BCUT2D eigenvalue weighted by molar-refractivity contribution is 5.12. The van der Waals surface area contributed by atoms with Crippen molar-refractivity contribution in [2.45, 2.75) is 90.1 Å². The van der Waals surface area contributed by atoms with Gasteiger partial charge in [0.1, 0.15) is 0 Å². The predicted octanol–water partition coefficient (Wildman–Crippen LogP) is 5.31. The SMILES string of the molecule is C[C@]12CC[C@@H](O)C[C@@H]1CCC1C3CC[C@@H]4C[C@@H](C#N)CC[C@]34CCC12. The maximum absolute atomic E-state index is 10.2. The second-order valence-electron chi connectivity index (χ2n) is 10.7. The molecule has 3 unspecified atom stereocenters. The molecule has 5 rings (SSSR count). The lowest BCUT2D eigenvalue weighted by Gasteiger charge is -2.62. The Balaban J connectivity index is 1.41. The molecule has 2 nitrogen and oxygen atoms in total. The molecule has 0 radical (unpaired) electrons. The maximum atomic E-state index is 10.2. The second-order valence-corrected chi connectivity index (χ2v) is 10.7. The molecule has 0 aromatic rings. The number of fused-ring (bicyclic) bond motifs is 4. The van der Waals surface area contributed by atoms with Gasteiger partial charge in [0.25, 0.3) is 0 Å². The Morgan fingerprint density at radius 1 is 0.840 bits per heavy atom. The molecule has 5 aliphatic carbocycles. The Morgan fingerprint density at radius 3 is 2.48 bits per heavy atom. The van der Waals surface area contributed by atoms with E-state index in [4.69, 9.17) is 0 Å². The Morgan fingerprint density at radius 2 is 1.64 bits per heavy atom. The lowest BCUT2D eigenvalue weighted by Crippen LogP contribution is -2.55. The molecule has 0 bridgehead atoms. The minimum Gasteiger partial charge on any atom is -0.393 e. The molecule has 0 saturated heterocycles. The summed E-state index contributed by atoms with van der Waals surface area (Å²) in [5, 5.41) is 19.6. The zero-order valence-corrected chi connectivity index (χ0v) is 15.9. The van der Waals surface area contributed by atoms with Crippen LogP contribution in [-0.4, -0.2) is 11.2 Å². The molecular formula is C23H35NO. The van der Waals surface area contributed by atoms with Crippen molar-refractivity contribution in [2.75, 3.05) is 0 Å². The van der Waals surface area contributed by atoms with Gasteiger partial charge in [-0.1, -0.05) is 6.92 Å². The van der Waals surface area contributed by atoms with E-state index >= 15 is 0 Å². The number of aliphatic hydroxyl groups excluding tert-OH is 1. The summed E-state index contributed by atoms with van der Waals surface area (Å²) in [7, 11) is 0. The molecule has 1 spiro atoms. The fourth-order valence-corrected chi connectivity index (χ4v) is 9.04. The summed E-state index contributed by atoms with van der Waals surface area (Å²) >= 11 is 0. The first-order valence-electron chi connectivity index (χ1n) is 11.1. The maximum Gasteiger partial charge on any atom is 0.0655 e. The molecule has 138 valence electrons. The summed E-state index contributed by atoms with van der Waals surface area (Å²) in [4.78, 5) is 0. The van der Waals surface area contributed by atoms with Crippen LogP contribution in [0.3, 0.4) is 0 Å². The van der Waals surface area contributed by atoms with E-state index in [1.165, 1.54) is 64.2 Å². The molecule has 5 aliphatic rings. The van der Waals surface area contributed by atoms with Gasteiger partial charge in [-0.05, 0) is 117 Å². The highest BCUT2D eigenvalue weighted by Crippen LogP contribution is 2.70. The van der Waals surface area contributed by atoms with Crippen LogP contribution >= 0.6 is 0 Å². The second kappa shape index (κ2) is 5.72. The summed E-state index contributed by atoms with van der Waals surface area (Å²) < 4.78 is 0. The van der Waals surface area contributed by atoms with Crippen LogP contribution in [0.1, 0.15) is 84.0 Å². The molecule has 0 aliphatic heterocycles. The predicted molar refractivity (Wildman–Crippen MR) is 98.5 cm³/mol. The van der Waals surface area contributed by atoms with Crippen molar-refractivity contribution in [1.82, 2.24) is 0 Å². The normalized spacial score (nSPS) is 57.6. The fraction of sp³-hybridized carbons (Fsp3) is 0.957. The Bertz CT molecular complexity index is 581. The van der Waals surface area contributed by atoms with E-state index in [0.717, 1.165) is 42.4 Å². The topological polar surface area (TPSA) is 44.0 Å². The number of nitriles is 1. The molecule has 0 aromatic carbocycles. The van der Waals surface area contributed by atoms with Crippen molar-refractivity contribution in [3.8, 4) is 6.07 Å². The van der Waals surface area contributed by atoms with Gasteiger partial charge in [-0.2, -0.15) is 5.26 Å². The van der Waals surface area contributed by atoms with Crippen molar-refractivity contribution in [3.05, 3.63) is 0 Å². The van der Waals surface area contributed by atoms with Gasteiger partial charge in [0, 0.05) is 5.92 Å². The molecule has 5 saturated carbocycles. The van der Waals surface area contributed by atoms with E-state index in [1.807, 2.05) is 0 Å². The van der Waals surface area contributed by atoms with Crippen LogP contribution in [0.4, 0.5) is 0 Å². The number of hydrogen-bond acceptors (Lipinski definition) is 2. The van der Waals surface area contributed by atoms with Crippen LogP contribution in [0.5, 0.6) is 0 Å². The first-order chi connectivity index (χ1) is 12.1. The highest BCUT2D eigenvalue weighted by atomic mass is 16.3. The van der Waals surface area contributed by atoms with Gasteiger partial charge < -0.3 is 5.11 Å². The molecule has 0 amide bonds. The molecule has 25 heavy (non-hydrogen) atoms. The molecule has 5 fully saturated rings. The average molecular weight is 342 g/mol. The molecule has 2 heteroatoms. The molecule has 0 heterocycles. The number of hydrogen-bond donors (Lipinski definition) is 1. The minimum absolute atomic E-state index is 0.0262. The Kier molecular flexibility index (Phi) is 3.80. The third kappa shape index (κ3) is 2.24. The first-order valence-corrected chi connectivity index (χ1v) is 11.1. The summed E-state index contributed by atoms with van der Waals surface area (Å²) in [6.45, 7) is 2.59. The first kappa shape index (κ1) is 16.6. The third-order valence-electron chi connectivity index (χ3n) is 10.2. The van der Waals surface area contributed by atoms with Crippen molar-refractivity contribution < 1.29 is 5.11 Å². The zero-order chi connectivity index (χ0) is 17.2. The Hall–Kier alpha value is -0.550. The lowest BCUT2D eigenvalue weighted by atomic mass is 9.43. The highest BCUT2D eigenvalue weighted by Gasteiger charge is 2.62. The summed E-state index contributed by atoms with van der Waals surface area (Å²) in [6, 6.07) is 2.59. The van der Waals surface area contributed by atoms with Crippen LogP contribution in [0.25, 0.3) is 0 Å². The number of nitrogens with zero attached hydrogens (tertiary/aromatic N) is 1. The minimum atomic E-state index is -0.0262. The van der Waals surface area contributed by atoms with Crippen LogP contribution in [0.15, 0.2) is 0 Å². The van der Waals surface area contributed by atoms with Crippen molar-refractivity contribution >= 4 is 0 Å². The van der Waals surface area contributed by atoms with Gasteiger partial charge in [-0.15, -0.1) is 0 Å². The van der Waals surface area contributed by atoms with E-state index < -0.39 is 0 Å². The smallest absolute Gasteiger partial charge is 0.0655 e. The van der Waals surface area contributed by atoms with Gasteiger partial charge in [-0.3, -0.25) is 0 Å². The Labute approximate surface area is 153 Å². The van der Waals surface area contributed by atoms with E-state index in [-0.39, 0.29) is 6.10 Å². The molecule has 9 atom stereocenters. The standard InChI is InChI=1S/C23H35NO/c1-22-9-7-18(25)13-16(22)2-4-19-20(22)8-11-23-10-6-15(14-24)12-17(23)3-5-21(19)23/h15-21,25H,2-13H2,1H3/t15-,16-,17+,18+,19?,20?,21?,22-,23+/m0/s1. The van der Waals surface area contributed by atoms with Crippen molar-refractivity contribution in [3.63, 3.8) is 0 Å². The van der Waals surface area contributed by atoms with E-state index in [0.29, 0.717) is 16.7 Å². The number of rotatable bonds is 0. The summed E-state index contributed by atoms with van der Waals surface area (Å²) in [6.07, 6.45) is 15.6. The van der Waals surface area contributed by atoms with Crippen molar-refractivity contribution in [1.29, 1.82) is 5.26 Å². The molecule has 0 aromatic heterocycles. The quantitative estimate of drug-likeness (QED) is 0.649. The molecular weight excluding hydrogens is 306 g/mol. The van der Waals surface area contributed by atoms with Crippen LogP contribution in [0, 0.1) is 57.7 Å². The number of aliphatic hydroxyl groups is 1. The monoisotopic (exact) mass is 341 g/mol. The van der Waals surface area contributed by atoms with Crippen LogP contribution < -0.4 is 0 Å². The lowest BCUT2D eigenvalue weighted by molar-refractivity contribution is -0.137. The van der Waals surface area contributed by atoms with Gasteiger partial charge in [0.05, 0.1) is 12.2 Å². The van der Waals surface area contributed by atoms with Crippen LogP contribution in [0.2, 0.25) is 0 Å². The zero-order valence-electron chi connectivity index (χ0n) is 15.9. The van der Waals surface area contributed by atoms with E-state index in [2.05, 4.69) is 13.0 Å². The third-order valence-corrected chi connectivity index (χ3v) is 10.2. The fourth-order valence-electron chi connectivity index (χ4n) is 9.04. The van der Waals surface area contributed by atoms with Crippen molar-refractivity contribution in [2.24, 2.45) is 46.3 Å². The summed E-state index contributed by atoms with van der Waals surface area (Å²) in [5.74, 6) is 4.81. The average Bonchev–Trinajstić information content (AvgIpc) is 3.01. The molecule has 1 N–H and O–H groups in total. The largest absolute Gasteiger partial charge is 0.393 e. The van der Waals surface area contributed by atoms with Gasteiger partial charge in [0.15, 0.2) is 0 Å².